The van der Waals surface area contributed by atoms with Gasteiger partial charge < -0.3 is 4.90 Å². The number of hydrogen-bond acceptors (Lipinski definition) is 4. The number of thiazole rings is 1. The van der Waals surface area contributed by atoms with Crippen molar-refractivity contribution in [1.29, 1.82) is 0 Å². The van der Waals surface area contributed by atoms with Crippen molar-refractivity contribution in [3.63, 3.8) is 0 Å². The van der Waals surface area contributed by atoms with Crippen LogP contribution in [0.3, 0.4) is 0 Å². The van der Waals surface area contributed by atoms with E-state index in [1.807, 2.05) is 6.20 Å². The zero-order valence-electron chi connectivity index (χ0n) is 9.65. The highest BCUT2D eigenvalue weighted by Gasteiger charge is 2.16. The third-order valence-electron chi connectivity index (χ3n) is 2.91. The minimum Gasteiger partial charge on any atom is -0.301 e. The van der Waals surface area contributed by atoms with Gasteiger partial charge in [0.2, 0.25) is 0 Å². The van der Waals surface area contributed by atoms with Crippen LogP contribution in [-0.4, -0.2) is 47.5 Å². The minimum atomic E-state index is 0.652. The summed E-state index contributed by atoms with van der Waals surface area (Å²) >= 11 is 7.41. The Morgan fingerprint density at radius 1 is 1.31 bits per heavy atom. The van der Waals surface area contributed by atoms with E-state index in [1.165, 1.54) is 30.9 Å². The average molecular weight is 260 g/mol. The topological polar surface area (TPSA) is 19.4 Å². The van der Waals surface area contributed by atoms with Crippen molar-refractivity contribution in [2.45, 2.75) is 19.9 Å². The fourth-order valence-electron chi connectivity index (χ4n) is 2.06. The molecule has 0 aromatic carbocycles. The first kappa shape index (κ1) is 12.3. The maximum Gasteiger partial charge on any atom is 0.183 e. The highest BCUT2D eigenvalue weighted by molar-refractivity contribution is 7.15. The van der Waals surface area contributed by atoms with E-state index in [0.29, 0.717) is 4.47 Å². The Bertz CT molecular complexity index is 321. The van der Waals surface area contributed by atoms with Gasteiger partial charge in [-0.25, -0.2) is 4.98 Å². The molecule has 1 aliphatic heterocycles. The molecule has 3 nitrogen and oxygen atoms in total. The van der Waals surface area contributed by atoms with Crippen LogP contribution in [0.25, 0.3) is 0 Å². The van der Waals surface area contributed by atoms with Crippen molar-refractivity contribution in [2.24, 2.45) is 0 Å². The smallest absolute Gasteiger partial charge is 0.183 e. The van der Waals surface area contributed by atoms with Crippen LogP contribution in [0.4, 0.5) is 0 Å². The van der Waals surface area contributed by atoms with Crippen LogP contribution in [0.5, 0.6) is 0 Å². The molecule has 1 saturated heterocycles. The first-order chi connectivity index (χ1) is 7.78. The molecule has 1 aliphatic rings. The summed E-state index contributed by atoms with van der Waals surface area (Å²) in [6.07, 6.45) is 3.15. The van der Waals surface area contributed by atoms with Gasteiger partial charge in [-0.3, -0.25) is 4.90 Å². The molecule has 0 unspecified atom stereocenters. The highest BCUT2D eigenvalue weighted by Crippen LogP contribution is 2.19. The fourth-order valence-corrected chi connectivity index (χ4v) is 3.08. The molecule has 0 bridgehead atoms. The number of aromatic nitrogens is 1. The molecule has 0 saturated carbocycles. The lowest BCUT2D eigenvalue weighted by molar-refractivity contribution is 0.128. The summed E-state index contributed by atoms with van der Waals surface area (Å²) in [7, 11) is 0. The first-order valence-electron chi connectivity index (χ1n) is 5.83. The predicted molar refractivity (Wildman–Crippen MR) is 69.1 cm³/mol. The van der Waals surface area contributed by atoms with E-state index >= 15 is 0 Å². The third kappa shape index (κ3) is 3.42. The van der Waals surface area contributed by atoms with Crippen molar-refractivity contribution in [1.82, 2.24) is 14.8 Å². The van der Waals surface area contributed by atoms with Crippen LogP contribution in [0.15, 0.2) is 6.20 Å². The Morgan fingerprint density at radius 2 is 2.00 bits per heavy atom. The Hall–Kier alpha value is -0.160. The lowest BCUT2D eigenvalue weighted by atomic mass is 10.3. The Kier molecular flexibility index (Phi) is 4.58. The number of halogens is 1. The molecule has 2 rings (SSSR count). The van der Waals surface area contributed by atoms with Gasteiger partial charge in [-0.15, -0.1) is 11.3 Å². The lowest BCUT2D eigenvalue weighted by Gasteiger charge is -2.34. The highest BCUT2D eigenvalue weighted by atomic mass is 35.5. The summed E-state index contributed by atoms with van der Waals surface area (Å²) in [4.78, 5) is 10.4. The second-order valence-corrected chi connectivity index (χ2v) is 5.89. The maximum atomic E-state index is 5.82. The van der Waals surface area contributed by atoms with Crippen LogP contribution in [-0.2, 0) is 6.54 Å². The Balaban J connectivity index is 1.77. The summed E-state index contributed by atoms with van der Waals surface area (Å²) in [5.41, 5.74) is 0. The van der Waals surface area contributed by atoms with Gasteiger partial charge in [0.1, 0.15) is 0 Å². The Morgan fingerprint density at radius 3 is 2.56 bits per heavy atom. The SMILES string of the molecule is CCCN1CCN(Cc2cnc(Cl)s2)CC1. The quantitative estimate of drug-likeness (QED) is 0.827. The molecule has 0 spiro atoms. The van der Waals surface area contributed by atoms with Gasteiger partial charge in [-0.2, -0.15) is 0 Å². The van der Waals surface area contributed by atoms with Crippen molar-refractivity contribution < 1.29 is 0 Å². The van der Waals surface area contributed by atoms with Gasteiger partial charge in [-0.1, -0.05) is 18.5 Å². The largest absolute Gasteiger partial charge is 0.301 e. The zero-order valence-corrected chi connectivity index (χ0v) is 11.2. The minimum absolute atomic E-state index is 0.652. The van der Waals surface area contributed by atoms with Gasteiger partial charge in [0.05, 0.1) is 0 Å². The molecule has 0 amide bonds. The van der Waals surface area contributed by atoms with E-state index in [2.05, 4.69) is 21.7 Å². The molecule has 0 N–H and O–H groups in total. The van der Waals surface area contributed by atoms with Crippen LogP contribution < -0.4 is 0 Å². The van der Waals surface area contributed by atoms with Crippen molar-refractivity contribution in [3.8, 4) is 0 Å². The molecule has 90 valence electrons. The summed E-state index contributed by atoms with van der Waals surface area (Å²) in [5.74, 6) is 0. The number of nitrogens with zero attached hydrogens (tertiary/aromatic N) is 3. The molecular formula is C11H18ClN3S. The third-order valence-corrected chi connectivity index (χ3v) is 4.01. The fraction of sp³-hybridized carbons (Fsp3) is 0.727. The van der Waals surface area contributed by atoms with E-state index in [1.54, 1.807) is 11.3 Å². The van der Waals surface area contributed by atoms with Gasteiger partial charge in [0, 0.05) is 43.8 Å². The molecule has 2 heterocycles. The van der Waals surface area contributed by atoms with Gasteiger partial charge in [0.25, 0.3) is 0 Å². The van der Waals surface area contributed by atoms with Gasteiger partial charge in [0.15, 0.2) is 4.47 Å². The van der Waals surface area contributed by atoms with E-state index in [4.69, 9.17) is 11.6 Å². The predicted octanol–water partition coefficient (Wildman–Crippen LogP) is 2.32. The standard InChI is InChI=1S/C11H18ClN3S/c1-2-3-14-4-6-15(7-5-14)9-10-8-13-11(12)16-10/h8H,2-7,9H2,1H3. The van der Waals surface area contributed by atoms with E-state index in [9.17, 15) is 0 Å². The number of piperazine rings is 1. The summed E-state index contributed by atoms with van der Waals surface area (Å²) in [6.45, 7) is 9.20. The molecule has 0 radical (unpaired) electrons. The Labute approximate surface area is 106 Å². The number of rotatable bonds is 4. The van der Waals surface area contributed by atoms with Crippen molar-refractivity contribution >= 4 is 22.9 Å². The van der Waals surface area contributed by atoms with Crippen molar-refractivity contribution in [2.75, 3.05) is 32.7 Å². The molecule has 1 aromatic heterocycles. The van der Waals surface area contributed by atoms with E-state index in [-0.39, 0.29) is 0 Å². The molecule has 0 aliphatic carbocycles. The second-order valence-electron chi connectivity index (χ2n) is 4.20. The molecular weight excluding hydrogens is 242 g/mol. The maximum absolute atomic E-state index is 5.82. The van der Waals surface area contributed by atoms with Gasteiger partial charge >= 0.3 is 0 Å². The summed E-state index contributed by atoms with van der Waals surface area (Å²) in [6, 6.07) is 0. The monoisotopic (exact) mass is 259 g/mol. The van der Waals surface area contributed by atoms with Crippen LogP contribution in [0.1, 0.15) is 18.2 Å². The first-order valence-corrected chi connectivity index (χ1v) is 7.02. The molecule has 1 aromatic rings. The summed E-state index contributed by atoms with van der Waals surface area (Å²) < 4.78 is 0.652. The molecule has 5 heteroatoms. The van der Waals surface area contributed by atoms with Crippen LogP contribution >= 0.6 is 22.9 Å². The van der Waals surface area contributed by atoms with Gasteiger partial charge in [-0.05, 0) is 13.0 Å². The molecule has 0 atom stereocenters. The van der Waals surface area contributed by atoms with Crippen molar-refractivity contribution in [3.05, 3.63) is 15.5 Å². The second kappa shape index (κ2) is 5.96. The average Bonchev–Trinajstić information content (AvgIpc) is 2.67. The molecule has 1 fully saturated rings. The summed E-state index contributed by atoms with van der Waals surface area (Å²) in [5, 5.41) is 0. The normalized spacial score (nSPS) is 19.1. The number of hydrogen-bond donors (Lipinski definition) is 0. The molecule has 16 heavy (non-hydrogen) atoms. The zero-order chi connectivity index (χ0) is 11.4. The van der Waals surface area contributed by atoms with Crippen LogP contribution in [0, 0.1) is 0 Å². The van der Waals surface area contributed by atoms with Crippen LogP contribution in [0.2, 0.25) is 4.47 Å². The lowest BCUT2D eigenvalue weighted by Crippen LogP contribution is -2.45. The van der Waals surface area contributed by atoms with E-state index < -0.39 is 0 Å². The van der Waals surface area contributed by atoms with E-state index in [0.717, 1.165) is 19.6 Å².